The van der Waals surface area contributed by atoms with Crippen molar-refractivity contribution in [1.29, 1.82) is 0 Å². The number of para-hydroxylation sites is 1. The third-order valence-corrected chi connectivity index (χ3v) is 4.30. The Morgan fingerprint density at radius 3 is 2.81 bits per heavy atom. The highest BCUT2D eigenvalue weighted by Crippen LogP contribution is 2.38. The van der Waals surface area contributed by atoms with Crippen LogP contribution in [0.25, 0.3) is 6.08 Å². The number of fused-ring (bicyclic) bond motifs is 1. The second-order valence-electron chi connectivity index (χ2n) is 6.10. The minimum absolute atomic E-state index is 0.00539. The third kappa shape index (κ3) is 4.03. The summed E-state index contributed by atoms with van der Waals surface area (Å²) in [7, 11) is 2.74. The first-order valence-electron chi connectivity index (χ1n) is 8.37. The quantitative estimate of drug-likeness (QED) is 0.779. The van der Waals surface area contributed by atoms with Crippen molar-refractivity contribution in [3.63, 3.8) is 0 Å². The van der Waals surface area contributed by atoms with Crippen LogP contribution in [0.1, 0.15) is 29.4 Å². The van der Waals surface area contributed by atoms with Crippen LogP contribution < -0.4 is 10.2 Å². The fraction of sp³-hybridized carbons (Fsp3) is 0.300. The molecule has 0 aliphatic carbocycles. The zero-order valence-corrected chi connectivity index (χ0v) is 15.1. The molecule has 2 aromatic rings. The minimum atomic E-state index is -0.713. The maximum atomic E-state index is 12.1. The molecular formula is C20H20O7. The summed E-state index contributed by atoms with van der Waals surface area (Å²) in [6, 6.07) is 8.62. The molecule has 1 N–H and O–H groups in total. The van der Waals surface area contributed by atoms with Crippen molar-refractivity contribution in [2.75, 3.05) is 20.8 Å². The van der Waals surface area contributed by atoms with Gasteiger partial charge in [-0.25, -0.2) is 0 Å². The Morgan fingerprint density at radius 2 is 2.07 bits per heavy atom. The van der Waals surface area contributed by atoms with Crippen LogP contribution in [0, 0.1) is 0 Å². The molecule has 0 amide bonds. The summed E-state index contributed by atoms with van der Waals surface area (Å²) in [5.41, 5.74) is 0.923. The van der Waals surface area contributed by atoms with E-state index in [-0.39, 0.29) is 31.2 Å². The van der Waals surface area contributed by atoms with Crippen molar-refractivity contribution in [3.05, 3.63) is 63.2 Å². The van der Waals surface area contributed by atoms with Gasteiger partial charge in [-0.3, -0.25) is 9.59 Å². The molecule has 0 fully saturated rings. The first kappa shape index (κ1) is 18.7. The molecule has 0 saturated carbocycles. The molecule has 2 heterocycles. The van der Waals surface area contributed by atoms with E-state index in [1.807, 2.05) is 30.3 Å². The number of rotatable bonds is 6. The highest BCUT2D eigenvalue weighted by molar-refractivity contribution is 5.73. The SMILES string of the molecule is COCc1cc(=O)c(O)c([C@H](CC(=O)OC)C2=Cc3ccccc3OC2)o1. The molecule has 1 aromatic heterocycles. The second kappa shape index (κ2) is 8.09. The normalized spacial score (nSPS) is 13.9. The fourth-order valence-corrected chi connectivity index (χ4v) is 2.98. The average Bonchev–Trinajstić information content (AvgIpc) is 2.68. The van der Waals surface area contributed by atoms with Gasteiger partial charge < -0.3 is 23.7 Å². The summed E-state index contributed by atoms with van der Waals surface area (Å²) in [5, 5.41) is 10.3. The van der Waals surface area contributed by atoms with E-state index in [4.69, 9.17) is 18.6 Å². The molecule has 7 heteroatoms. The lowest BCUT2D eigenvalue weighted by atomic mass is 9.89. The number of carbonyl (C=O) groups excluding carboxylic acids is 1. The Morgan fingerprint density at radius 1 is 1.30 bits per heavy atom. The topological polar surface area (TPSA) is 95.2 Å². The molecule has 27 heavy (non-hydrogen) atoms. The summed E-state index contributed by atoms with van der Waals surface area (Å²) < 4.78 is 21.2. The molecule has 7 nitrogen and oxygen atoms in total. The Labute approximate surface area is 155 Å². The number of aromatic hydroxyl groups is 1. The predicted molar refractivity (Wildman–Crippen MR) is 96.6 cm³/mol. The molecule has 0 spiro atoms. The Hall–Kier alpha value is -3.06. The third-order valence-electron chi connectivity index (χ3n) is 4.30. The van der Waals surface area contributed by atoms with E-state index in [1.165, 1.54) is 20.3 Å². The van der Waals surface area contributed by atoms with E-state index in [2.05, 4.69) is 0 Å². The number of benzene rings is 1. The number of hydrogen-bond acceptors (Lipinski definition) is 7. The number of esters is 1. The van der Waals surface area contributed by atoms with Crippen molar-refractivity contribution in [1.82, 2.24) is 0 Å². The Kier molecular flexibility index (Phi) is 5.61. The molecule has 1 atom stereocenters. The maximum absolute atomic E-state index is 12.1. The summed E-state index contributed by atoms with van der Waals surface area (Å²) in [4.78, 5) is 24.1. The largest absolute Gasteiger partial charge is 0.502 e. The molecule has 0 unspecified atom stereocenters. The zero-order chi connectivity index (χ0) is 19.4. The van der Waals surface area contributed by atoms with E-state index in [0.29, 0.717) is 5.57 Å². The number of methoxy groups -OCH3 is 2. The molecule has 1 aliphatic rings. The van der Waals surface area contributed by atoms with Gasteiger partial charge >= 0.3 is 5.97 Å². The van der Waals surface area contributed by atoms with Crippen molar-refractivity contribution in [2.24, 2.45) is 0 Å². The number of hydrogen-bond donors (Lipinski definition) is 1. The van der Waals surface area contributed by atoms with E-state index in [1.54, 1.807) is 0 Å². The van der Waals surface area contributed by atoms with Gasteiger partial charge in [0.1, 0.15) is 24.7 Å². The van der Waals surface area contributed by atoms with Crippen LogP contribution in [0.4, 0.5) is 0 Å². The number of ether oxygens (including phenoxy) is 3. The van der Waals surface area contributed by atoms with E-state index < -0.39 is 23.1 Å². The van der Waals surface area contributed by atoms with Gasteiger partial charge in [0, 0.05) is 18.7 Å². The van der Waals surface area contributed by atoms with Crippen LogP contribution in [0.5, 0.6) is 11.5 Å². The molecule has 0 bridgehead atoms. The van der Waals surface area contributed by atoms with Crippen molar-refractivity contribution in [3.8, 4) is 11.5 Å². The minimum Gasteiger partial charge on any atom is -0.502 e. The van der Waals surface area contributed by atoms with E-state index in [9.17, 15) is 14.7 Å². The van der Waals surface area contributed by atoms with Crippen LogP contribution in [0.3, 0.4) is 0 Å². The Balaban J connectivity index is 2.09. The summed E-state index contributed by atoms with van der Waals surface area (Å²) >= 11 is 0. The van der Waals surface area contributed by atoms with Crippen LogP contribution in [0.15, 0.2) is 45.1 Å². The van der Waals surface area contributed by atoms with Gasteiger partial charge in [0.2, 0.25) is 11.2 Å². The van der Waals surface area contributed by atoms with E-state index in [0.717, 1.165) is 11.3 Å². The fourth-order valence-electron chi connectivity index (χ4n) is 2.98. The number of carbonyl (C=O) groups is 1. The summed E-state index contributed by atoms with van der Waals surface area (Å²) in [5.74, 6) is -0.785. The molecular weight excluding hydrogens is 352 g/mol. The lowest BCUT2D eigenvalue weighted by molar-refractivity contribution is -0.141. The monoisotopic (exact) mass is 372 g/mol. The standard InChI is InChI=1S/C20H20O7/c1-24-11-14-8-16(21)19(23)20(27-14)15(9-18(22)25-2)13-7-12-5-3-4-6-17(12)26-10-13/h3-8,15,23H,9-11H2,1-2H3/t15-/m1/s1. The van der Waals surface area contributed by atoms with E-state index >= 15 is 0 Å². The molecule has 0 saturated heterocycles. The van der Waals surface area contributed by atoms with Gasteiger partial charge in [0.05, 0.1) is 19.4 Å². The molecule has 1 aliphatic heterocycles. The van der Waals surface area contributed by atoms with Gasteiger partial charge in [-0.1, -0.05) is 18.2 Å². The lowest BCUT2D eigenvalue weighted by Crippen LogP contribution is -2.19. The van der Waals surface area contributed by atoms with Gasteiger partial charge in [0.15, 0.2) is 5.76 Å². The first-order valence-corrected chi connectivity index (χ1v) is 8.37. The molecule has 1 aromatic carbocycles. The highest BCUT2D eigenvalue weighted by Gasteiger charge is 2.30. The Bertz CT molecular complexity index is 926. The van der Waals surface area contributed by atoms with Crippen molar-refractivity contribution >= 4 is 12.0 Å². The van der Waals surface area contributed by atoms with Gasteiger partial charge in [0.25, 0.3) is 0 Å². The molecule has 142 valence electrons. The lowest BCUT2D eigenvalue weighted by Gasteiger charge is -2.24. The molecule has 0 radical (unpaired) electrons. The highest BCUT2D eigenvalue weighted by atomic mass is 16.5. The summed E-state index contributed by atoms with van der Waals surface area (Å²) in [6.07, 6.45) is 1.76. The smallest absolute Gasteiger partial charge is 0.306 e. The second-order valence-corrected chi connectivity index (χ2v) is 6.10. The average molecular weight is 372 g/mol. The summed E-state index contributed by atoms with van der Waals surface area (Å²) in [6.45, 7) is 0.252. The van der Waals surface area contributed by atoms with Crippen LogP contribution in [-0.2, 0) is 20.9 Å². The first-order chi connectivity index (χ1) is 13.0. The van der Waals surface area contributed by atoms with Crippen molar-refractivity contribution in [2.45, 2.75) is 18.9 Å². The van der Waals surface area contributed by atoms with Gasteiger partial charge in [-0.05, 0) is 17.7 Å². The predicted octanol–water partition coefficient (Wildman–Crippen LogP) is 2.61. The van der Waals surface area contributed by atoms with Crippen LogP contribution in [0.2, 0.25) is 0 Å². The van der Waals surface area contributed by atoms with Crippen LogP contribution in [-0.4, -0.2) is 31.9 Å². The van der Waals surface area contributed by atoms with Crippen LogP contribution >= 0.6 is 0 Å². The molecule has 3 rings (SSSR count). The maximum Gasteiger partial charge on any atom is 0.306 e. The zero-order valence-electron chi connectivity index (χ0n) is 15.1. The van der Waals surface area contributed by atoms with Gasteiger partial charge in [-0.15, -0.1) is 0 Å². The van der Waals surface area contributed by atoms with Crippen molar-refractivity contribution < 1.29 is 28.5 Å². The van der Waals surface area contributed by atoms with Gasteiger partial charge in [-0.2, -0.15) is 0 Å².